The van der Waals surface area contributed by atoms with E-state index in [2.05, 4.69) is 24.5 Å². The molecule has 1 heterocycles. The Labute approximate surface area is 82.5 Å². The molecule has 2 atom stereocenters. The Kier molecular flexibility index (Phi) is 5.40. The van der Waals surface area contributed by atoms with E-state index < -0.39 is 0 Å². The minimum atomic E-state index is 0.762. The minimum absolute atomic E-state index is 0.762. The van der Waals surface area contributed by atoms with Gasteiger partial charge in [-0.15, -0.1) is 0 Å². The fourth-order valence-corrected chi connectivity index (χ4v) is 1.98. The highest BCUT2D eigenvalue weighted by Gasteiger charge is 2.19. The molecule has 1 rings (SSSR count). The lowest BCUT2D eigenvalue weighted by atomic mass is 9.95. The maximum Gasteiger partial charge on any atom is 0.0117 e. The summed E-state index contributed by atoms with van der Waals surface area (Å²) in [6.45, 7) is 8.18. The van der Waals surface area contributed by atoms with Crippen LogP contribution >= 0.6 is 0 Å². The second-order valence-corrected chi connectivity index (χ2v) is 4.24. The second kappa shape index (κ2) is 6.39. The maximum atomic E-state index is 3.67. The van der Waals surface area contributed by atoms with Crippen LogP contribution in [0.15, 0.2) is 0 Å². The van der Waals surface area contributed by atoms with Crippen molar-refractivity contribution in [3.63, 3.8) is 0 Å². The fourth-order valence-electron chi connectivity index (χ4n) is 1.98. The lowest BCUT2D eigenvalue weighted by molar-refractivity contribution is 0.295. The topological polar surface area (TPSA) is 24.1 Å². The molecule has 78 valence electrons. The molecule has 2 nitrogen and oxygen atoms in total. The van der Waals surface area contributed by atoms with E-state index in [4.69, 9.17) is 0 Å². The SMILES string of the molecule is CCCCCNC1CCNCC1C. The third-order valence-corrected chi connectivity index (χ3v) is 2.97. The number of hydrogen-bond acceptors (Lipinski definition) is 2. The summed E-state index contributed by atoms with van der Waals surface area (Å²) in [5.74, 6) is 0.801. The second-order valence-electron chi connectivity index (χ2n) is 4.24. The molecule has 13 heavy (non-hydrogen) atoms. The van der Waals surface area contributed by atoms with Crippen LogP contribution in [0.25, 0.3) is 0 Å². The molecule has 0 aromatic carbocycles. The zero-order valence-corrected chi connectivity index (χ0v) is 9.10. The Morgan fingerprint density at radius 1 is 1.38 bits per heavy atom. The van der Waals surface area contributed by atoms with Crippen LogP contribution in [0.4, 0.5) is 0 Å². The lowest BCUT2D eigenvalue weighted by Crippen LogP contribution is -2.46. The predicted octanol–water partition coefficient (Wildman–Crippen LogP) is 1.76. The predicted molar refractivity (Wildman–Crippen MR) is 58.0 cm³/mol. The number of unbranched alkanes of at least 4 members (excludes halogenated alkanes) is 2. The highest BCUT2D eigenvalue weighted by atomic mass is 15.0. The van der Waals surface area contributed by atoms with E-state index in [-0.39, 0.29) is 0 Å². The summed E-state index contributed by atoms with van der Waals surface area (Å²) >= 11 is 0. The molecule has 2 heteroatoms. The van der Waals surface area contributed by atoms with Gasteiger partial charge in [0.15, 0.2) is 0 Å². The molecule has 0 saturated carbocycles. The molecule has 1 aliphatic rings. The normalized spacial score (nSPS) is 29.1. The quantitative estimate of drug-likeness (QED) is 0.636. The molecule has 1 fully saturated rings. The van der Waals surface area contributed by atoms with Crippen molar-refractivity contribution in [2.75, 3.05) is 19.6 Å². The van der Waals surface area contributed by atoms with Gasteiger partial charge in [-0.25, -0.2) is 0 Å². The van der Waals surface area contributed by atoms with Crippen LogP contribution < -0.4 is 10.6 Å². The summed E-state index contributed by atoms with van der Waals surface area (Å²) in [6.07, 6.45) is 5.33. The van der Waals surface area contributed by atoms with Crippen molar-refractivity contribution < 1.29 is 0 Å². The highest BCUT2D eigenvalue weighted by Crippen LogP contribution is 2.10. The van der Waals surface area contributed by atoms with Crippen LogP contribution in [0.1, 0.15) is 39.5 Å². The van der Waals surface area contributed by atoms with Gasteiger partial charge in [0.1, 0.15) is 0 Å². The van der Waals surface area contributed by atoms with Gasteiger partial charge in [-0.2, -0.15) is 0 Å². The van der Waals surface area contributed by atoms with Gasteiger partial charge in [-0.05, 0) is 38.4 Å². The van der Waals surface area contributed by atoms with Crippen LogP contribution in [0.5, 0.6) is 0 Å². The minimum Gasteiger partial charge on any atom is -0.316 e. The van der Waals surface area contributed by atoms with Gasteiger partial charge >= 0.3 is 0 Å². The van der Waals surface area contributed by atoms with Crippen LogP contribution in [-0.2, 0) is 0 Å². The summed E-state index contributed by atoms with van der Waals surface area (Å²) < 4.78 is 0. The van der Waals surface area contributed by atoms with Gasteiger partial charge in [0.25, 0.3) is 0 Å². The maximum absolute atomic E-state index is 3.67. The first-order valence-corrected chi connectivity index (χ1v) is 5.78. The molecule has 2 N–H and O–H groups in total. The van der Waals surface area contributed by atoms with E-state index in [9.17, 15) is 0 Å². The first-order chi connectivity index (χ1) is 6.34. The van der Waals surface area contributed by atoms with Gasteiger partial charge < -0.3 is 10.6 Å². The zero-order chi connectivity index (χ0) is 9.52. The molecule has 2 unspecified atom stereocenters. The smallest absolute Gasteiger partial charge is 0.0117 e. The third-order valence-electron chi connectivity index (χ3n) is 2.97. The first-order valence-electron chi connectivity index (χ1n) is 5.78. The first kappa shape index (κ1) is 11.0. The fraction of sp³-hybridized carbons (Fsp3) is 1.00. The van der Waals surface area contributed by atoms with Crippen molar-refractivity contribution in [1.82, 2.24) is 10.6 Å². The largest absolute Gasteiger partial charge is 0.316 e. The number of nitrogens with one attached hydrogen (secondary N) is 2. The van der Waals surface area contributed by atoms with Crippen LogP contribution in [-0.4, -0.2) is 25.7 Å². The monoisotopic (exact) mass is 184 g/mol. The Balaban J connectivity index is 2.05. The van der Waals surface area contributed by atoms with Gasteiger partial charge in [0.05, 0.1) is 0 Å². The van der Waals surface area contributed by atoms with E-state index in [0.717, 1.165) is 12.0 Å². The van der Waals surface area contributed by atoms with Crippen molar-refractivity contribution in [3.8, 4) is 0 Å². The Bertz CT molecular complexity index is 125. The molecule has 0 bridgehead atoms. The van der Waals surface area contributed by atoms with E-state index >= 15 is 0 Å². The average molecular weight is 184 g/mol. The Morgan fingerprint density at radius 3 is 2.92 bits per heavy atom. The third kappa shape index (κ3) is 4.10. The van der Waals surface area contributed by atoms with Crippen molar-refractivity contribution >= 4 is 0 Å². The Morgan fingerprint density at radius 2 is 2.23 bits per heavy atom. The van der Waals surface area contributed by atoms with Crippen molar-refractivity contribution in [1.29, 1.82) is 0 Å². The Hall–Kier alpha value is -0.0800. The van der Waals surface area contributed by atoms with Crippen molar-refractivity contribution in [3.05, 3.63) is 0 Å². The lowest BCUT2D eigenvalue weighted by Gasteiger charge is -2.30. The molecule has 1 saturated heterocycles. The summed E-state index contributed by atoms with van der Waals surface area (Å²) in [4.78, 5) is 0. The molecule has 0 aromatic rings. The average Bonchev–Trinajstić information content (AvgIpc) is 2.15. The molecular weight excluding hydrogens is 160 g/mol. The highest BCUT2D eigenvalue weighted by molar-refractivity contribution is 4.80. The molecule has 1 aliphatic heterocycles. The van der Waals surface area contributed by atoms with Crippen molar-refractivity contribution in [2.45, 2.75) is 45.6 Å². The summed E-state index contributed by atoms with van der Waals surface area (Å²) in [7, 11) is 0. The standard InChI is InChI=1S/C11H24N2/c1-3-4-5-7-13-11-6-8-12-9-10(11)2/h10-13H,3-9H2,1-2H3. The number of hydrogen-bond donors (Lipinski definition) is 2. The van der Waals surface area contributed by atoms with Gasteiger partial charge in [-0.1, -0.05) is 26.7 Å². The summed E-state index contributed by atoms with van der Waals surface area (Å²) in [5.41, 5.74) is 0. The van der Waals surface area contributed by atoms with Crippen LogP contribution in [0.2, 0.25) is 0 Å². The van der Waals surface area contributed by atoms with Crippen LogP contribution in [0, 0.1) is 5.92 Å². The molecule has 0 aromatic heterocycles. The van der Waals surface area contributed by atoms with Gasteiger partial charge in [0, 0.05) is 6.04 Å². The number of rotatable bonds is 5. The van der Waals surface area contributed by atoms with E-state index in [1.807, 2.05) is 0 Å². The van der Waals surface area contributed by atoms with E-state index in [0.29, 0.717) is 0 Å². The molecule has 0 radical (unpaired) electrons. The molecule has 0 spiro atoms. The van der Waals surface area contributed by atoms with E-state index in [1.165, 1.54) is 45.3 Å². The molecule has 0 aliphatic carbocycles. The van der Waals surface area contributed by atoms with E-state index in [1.54, 1.807) is 0 Å². The van der Waals surface area contributed by atoms with Crippen molar-refractivity contribution in [2.24, 2.45) is 5.92 Å². The molecule has 0 amide bonds. The number of piperidine rings is 1. The molecular formula is C11H24N2. The van der Waals surface area contributed by atoms with Gasteiger partial charge in [0.2, 0.25) is 0 Å². The zero-order valence-electron chi connectivity index (χ0n) is 9.10. The summed E-state index contributed by atoms with van der Waals surface area (Å²) in [5, 5.41) is 7.09. The summed E-state index contributed by atoms with van der Waals surface area (Å²) in [6, 6.07) is 0.762. The van der Waals surface area contributed by atoms with Gasteiger partial charge in [-0.3, -0.25) is 0 Å². The van der Waals surface area contributed by atoms with Crippen LogP contribution in [0.3, 0.4) is 0 Å².